The van der Waals surface area contributed by atoms with Crippen LogP contribution in [0.3, 0.4) is 0 Å². The Balaban J connectivity index is 1.94. The van der Waals surface area contributed by atoms with Crippen molar-refractivity contribution in [1.82, 2.24) is 20.9 Å². The Labute approximate surface area is 254 Å². The molecular formula is C29H40N6O9. The smallest absolute Gasteiger partial charge is 0.450 e. The van der Waals surface area contributed by atoms with Crippen LogP contribution < -0.4 is 27.0 Å². The second kappa shape index (κ2) is 17.9. The lowest BCUT2D eigenvalue weighted by molar-refractivity contribution is -0.137. The van der Waals surface area contributed by atoms with Gasteiger partial charge in [-0.1, -0.05) is 32.4 Å². The fourth-order valence-corrected chi connectivity index (χ4v) is 4.27. The van der Waals surface area contributed by atoms with Gasteiger partial charge in [-0.2, -0.15) is 0 Å². The third-order valence-corrected chi connectivity index (χ3v) is 6.64. The Morgan fingerprint density at radius 2 is 1.57 bits per heavy atom. The van der Waals surface area contributed by atoms with Gasteiger partial charge in [-0.25, -0.2) is 9.59 Å². The minimum absolute atomic E-state index is 0.132. The van der Waals surface area contributed by atoms with Crippen LogP contribution in [0.15, 0.2) is 36.4 Å². The number of carbonyl (C=O) groups excluding carboxylic acids is 6. The van der Waals surface area contributed by atoms with Gasteiger partial charge in [0, 0.05) is 37.3 Å². The second-order valence-corrected chi connectivity index (χ2v) is 10.5. The van der Waals surface area contributed by atoms with Gasteiger partial charge in [0.1, 0.15) is 18.7 Å². The van der Waals surface area contributed by atoms with Gasteiger partial charge in [0.2, 0.25) is 17.7 Å². The first kappa shape index (κ1) is 35.2. The molecule has 0 aromatic heterocycles. The average Bonchev–Trinajstić information content (AvgIpc) is 3.28. The largest absolute Gasteiger partial charge is 0.506 e. The van der Waals surface area contributed by atoms with Crippen molar-refractivity contribution in [2.24, 2.45) is 11.7 Å². The highest BCUT2D eigenvalue weighted by Crippen LogP contribution is 2.13. The van der Waals surface area contributed by atoms with Crippen molar-refractivity contribution in [3.8, 4) is 0 Å². The molecule has 0 saturated heterocycles. The molecular weight excluding hydrogens is 576 g/mol. The van der Waals surface area contributed by atoms with Crippen LogP contribution in [-0.4, -0.2) is 76.9 Å². The van der Waals surface area contributed by atoms with Crippen molar-refractivity contribution in [3.05, 3.63) is 42.0 Å². The molecule has 7 amide bonds. The van der Waals surface area contributed by atoms with E-state index in [9.17, 15) is 33.6 Å². The Hall–Kier alpha value is -4.95. The molecule has 0 radical (unpaired) electrons. The number of carbonyl (C=O) groups is 7. The van der Waals surface area contributed by atoms with Gasteiger partial charge >= 0.3 is 12.2 Å². The van der Waals surface area contributed by atoms with Gasteiger partial charge in [0.25, 0.3) is 11.8 Å². The third-order valence-electron chi connectivity index (χ3n) is 6.64. The number of nitrogens with one attached hydrogen (secondary N) is 4. The summed E-state index contributed by atoms with van der Waals surface area (Å²) in [5.41, 5.74) is 6.06. The summed E-state index contributed by atoms with van der Waals surface area (Å²) in [6.07, 6.45) is 3.25. The van der Waals surface area contributed by atoms with E-state index >= 15 is 0 Å². The lowest BCUT2D eigenvalue weighted by Crippen LogP contribution is -2.54. The fraction of sp³-hybridized carbons (Fsp3) is 0.483. The van der Waals surface area contributed by atoms with Crippen LogP contribution in [0.4, 0.5) is 15.3 Å². The zero-order valence-corrected chi connectivity index (χ0v) is 24.8. The van der Waals surface area contributed by atoms with Crippen molar-refractivity contribution in [1.29, 1.82) is 0 Å². The van der Waals surface area contributed by atoms with E-state index in [0.717, 1.165) is 4.90 Å². The van der Waals surface area contributed by atoms with E-state index in [1.807, 2.05) is 0 Å². The number of unbranched alkanes of at least 4 members (excludes halogenated alkanes) is 2. The molecule has 0 fully saturated rings. The maximum Gasteiger partial charge on any atom is 0.506 e. The molecule has 2 atom stereocenters. The molecule has 44 heavy (non-hydrogen) atoms. The van der Waals surface area contributed by atoms with Crippen LogP contribution in [0.1, 0.15) is 57.9 Å². The molecule has 0 bridgehead atoms. The van der Waals surface area contributed by atoms with Crippen LogP contribution in [0.2, 0.25) is 0 Å². The summed E-state index contributed by atoms with van der Waals surface area (Å²) in [6, 6.07) is 3.60. The first-order chi connectivity index (χ1) is 20.9. The Kier molecular flexibility index (Phi) is 14.3. The summed E-state index contributed by atoms with van der Waals surface area (Å²) in [6.45, 7) is 3.79. The van der Waals surface area contributed by atoms with Crippen molar-refractivity contribution < 1.29 is 43.4 Å². The van der Waals surface area contributed by atoms with Gasteiger partial charge in [-0.15, -0.1) is 0 Å². The van der Waals surface area contributed by atoms with Crippen molar-refractivity contribution in [3.63, 3.8) is 0 Å². The van der Waals surface area contributed by atoms with E-state index < -0.39 is 36.1 Å². The number of nitrogens with zero attached hydrogens (tertiary/aromatic N) is 1. The van der Waals surface area contributed by atoms with Crippen LogP contribution in [0, 0.1) is 5.92 Å². The predicted octanol–water partition coefficient (Wildman–Crippen LogP) is 1.38. The normalized spacial score (nSPS) is 13.8. The molecule has 1 aliphatic rings. The highest BCUT2D eigenvalue weighted by atomic mass is 16.7. The summed E-state index contributed by atoms with van der Waals surface area (Å²) >= 11 is 0. The quantitative estimate of drug-likeness (QED) is 0.0794. The molecule has 0 spiro atoms. The molecule has 1 aromatic carbocycles. The predicted molar refractivity (Wildman–Crippen MR) is 158 cm³/mol. The number of urea groups is 1. The molecule has 0 aliphatic carbocycles. The zero-order valence-electron chi connectivity index (χ0n) is 24.8. The number of hydrogen-bond donors (Lipinski definition) is 6. The minimum Gasteiger partial charge on any atom is -0.450 e. The van der Waals surface area contributed by atoms with Crippen molar-refractivity contribution >= 4 is 47.4 Å². The molecule has 15 nitrogen and oxygen atoms in total. The number of imide groups is 1. The zero-order chi connectivity index (χ0) is 32.6. The van der Waals surface area contributed by atoms with Crippen LogP contribution >= 0.6 is 0 Å². The van der Waals surface area contributed by atoms with E-state index in [1.54, 1.807) is 38.1 Å². The van der Waals surface area contributed by atoms with Crippen LogP contribution in [0.5, 0.6) is 0 Å². The van der Waals surface area contributed by atoms with E-state index in [-0.39, 0.29) is 56.2 Å². The SMILES string of the molecule is CC(C)[C@H](NC(=O)CCCCCN1C(=O)C=CC1=O)C(=O)N[C@@H](CCCNC(N)=O)C(=O)Nc1ccc(COC(=O)O)cc1. The van der Waals surface area contributed by atoms with Gasteiger partial charge in [-0.3, -0.25) is 28.9 Å². The Morgan fingerprint density at radius 3 is 2.16 bits per heavy atom. The first-order valence-corrected chi connectivity index (χ1v) is 14.3. The number of hydrogen-bond acceptors (Lipinski definition) is 8. The second-order valence-electron chi connectivity index (χ2n) is 10.5. The standard InChI is InChI=1S/C29H40N6O9/c1-18(2)25(34-22(36)8-4-3-5-16-35-23(37)13-14-24(35)38)27(40)33-21(7-6-15-31-28(30)41)26(39)32-20-11-9-19(10-12-20)17-44-29(42)43/h9-14,18,21,25H,3-8,15-17H2,1-2H3,(H,32,39)(H,33,40)(H,34,36)(H,42,43)(H3,30,31,41)/t21-,25-/m0/s1. The van der Waals surface area contributed by atoms with E-state index in [0.29, 0.717) is 36.9 Å². The van der Waals surface area contributed by atoms with Crippen molar-refractivity contribution in [2.45, 2.75) is 71.1 Å². The number of anilines is 1. The highest BCUT2D eigenvalue weighted by Gasteiger charge is 2.29. The number of carboxylic acid groups (broad SMARTS) is 1. The highest BCUT2D eigenvalue weighted by molar-refractivity contribution is 6.12. The lowest BCUT2D eigenvalue weighted by Gasteiger charge is -2.25. The van der Waals surface area contributed by atoms with Crippen molar-refractivity contribution in [2.75, 3.05) is 18.4 Å². The summed E-state index contributed by atoms with van der Waals surface area (Å²) < 4.78 is 4.52. The van der Waals surface area contributed by atoms with Gasteiger partial charge in [-0.05, 0) is 49.3 Å². The fourth-order valence-electron chi connectivity index (χ4n) is 4.27. The third kappa shape index (κ3) is 12.5. The number of nitrogens with two attached hydrogens (primary N) is 1. The molecule has 15 heteroatoms. The number of amides is 7. The molecule has 0 unspecified atom stereocenters. The minimum atomic E-state index is -1.41. The number of ether oxygens (including phenoxy) is 1. The summed E-state index contributed by atoms with van der Waals surface area (Å²) in [5.74, 6) is -2.46. The molecule has 7 N–H and O–H groups in total. The summed E-state index contributed by atoms with van der Waals surface area (Å²) in [7, 11) is 0. The molecule has 2 rings (SSSR count). The monoisotopic (exact) mass is 616 g/mol. The molecule has 240 valence electrons. The summed E-state index contributed by atoms with van der Waals surface area (Å²) in [5, 5.41) is 19.2. The molecule has 1 aliphatic heterocycles. The Morgan fingerprint density at radius 1 is 0.909 bits per heavy atom. The number of primary amides is 1. The first-order valence-electron chi connectivity index (χ1n) is 14.3. The van der Waals surface area contributed by atoms with Crippen LogP contribution in [0.25, 0.3) is 0 Å². The van der Waals surface area contributed by atoms with Gasteiger partial charge < -0.3 is 36.8 Å². The van der Waals surface area contributed by atoms with E-state index in [2.05, 4.69) is 26.0 Å². The maximum absolute atomic E-state index is 13.3. The molecule has 0 saturated carbocycles. The topological polar surface area (TPSA) is 226 Å². The Bertz CT molecular complexity index is 1210. The lowest BCUT2D eigenvalue weighted by atomic mass is 10.0. The van der Waals surface area contributed by atoms with Gasteiger partial charge in [0.15, 0.2) is 0 Å². The van der Waals surface area contributed by atoms with Gasteiger partial charge in [0.05, 0.1) is 0 Å². The average molecular weight is 617 g/mol. The van der Waals surface area contributed by atoms with E-state index in [1.165, 1.54) is 12.2 Å². The summed E-state index contributed by atoms with van der Waals surface area (Å²) in [4.78, 5) is 85.0. The molecule has 1 aromatic rings. The number of rotatable bonds is 18. The van der Waals surface area contributed by atoms with E-state index in [4.69, 9.17) is 10.8 Å². The van der Waals surface area contributed by atoms with Crippen LogP contribution in [-0.2, 0) is 35.3 Å². The molecule has 1 heterocycles. The number of benzene rings is 1. The maximum atomic E-state index is 13.3.